The number of nitrogens with one attached hydrogen (secondary N) is 2. The van der Waals surface area contributed by atoms with Gasteiger partial charge < -0.3 is 5.32 Å². The number of hydrogen-bond acceptors (Lipinski definition) is 5. The summed E-state index contributed by atoms with van der Waals surface area (Å²) in [5.74, 6) is 1.54. The number of aryl methyl sites for hydroxylation is 2. The third kappa shape index (κ3) is 3.28. The Morgan fingerprint density at radius 1 is 1.33 bits per heavy atom. The summed E-state index contributed by atoms with van der Waals surface area (Å²) in [6, 6.07) is 8.12. The molecule has 2 N–H and O–H groups in total. The molecule has 0 saturated carbocycles. The zero-order valence-electron chi connectivity index (χ0n) is 12.1. The van der Waals surface area contributed by atoms with Crippen molar-refractivity contribution in [3.8, 4) is 11.4 Å². The second-order valence-corrected chi connectivity index (χ2v) is 5.95. The van der Waals surface area contributed by atoms with Crippen molar-refractivity contribution in [1.82, 2.24) is 20.2 Å². The number of H-pyrrole nitrogens is 1. The lowest BCUT2D eigenvalue weighted by Gasteiger charge is -2.05. The Bertz CT molecular complexity index is 731. The van der Waals surface area contributed by atoms with Crippen LogP contribution < -0.4 is 5.32 Å². The van der Waals surface area contributed by atoms with Gasteiger partial charge >= 0.3 is 0 Å². The van der Waals surface area contributed by atoms with Crippen LogP contribution in [0.4, 0.5) is 5.69 Å². The minimum absolute atomic E-state index is 0.724. The van der Waals surface area contributed by atoms with Crippen LogP contribution in [0.5, 0.6) is 0 Å². The molecule has 0 aliphatic rings. The Morgan fingerprint density at radius 2 is 2.24 bits per heavy atom. The van der Waals surface area contributed by atoms with E-state index in [1.165, 1.54) is 9.88 Å². The van der Waals surface area contributed by atoms with Crippen LogP contribution in [-0.2, 0) is 13.0 Å². The molecular formula is C15H17N5S. The van der Waals surface area contributed by atoms with E-state index in [1.54, 1.807) is 11.3 Å². The summed E-state index contributed by atoms with van der Waals surface area (Å²) < 4.78 is 0. The smallest absolute Gasteiger partial charge is 0.181 e. The standard InChI is InChI=1S/C15H17N5S/c1-3-14-17-9-13(21-14)8-16-12-6-4-5-11(7-12)15-18-10(2)19-20-15/h4-7,9,16H,3,8H2,1-2H3,(H,18,19,20). The molecule has 3 rings (SSSR count). The topological polar surface area (TPSA) is 66.5 Å². The second-order valence-electron chi connectivity index (χ2n) is 4.75. The van der Waals surface area contributed by atoms with Crippen LogP contribution in [0, 0.1) is 6.92 Å². The lowest BCUT2D eigenvalue weighted by molar-refractivity contribution is 1.04. The van der Waals surface area contributed by atoms with E-state index in [-0.39, 0.29) is 0 Å². The molecule has 108 valence electrons. The van der Waals surface area contributed by atoms with E-state index in [0.29, 0.717) is 0 Å². The van der Waals surface area contributed by atoms with Crippen molar-refractivity contribution in [1.29, 1.82) is 0 Å². The number of rotatable bonds is 5. The summed E-state index contributed by atoms with van der Waals surface area (Å²) >= 11 is 1.75. The highest BCUT2D eigenvalue weighted by Crippen LogP contribution is 2.21. The molecule has 0 atom stereocenters. The van der Waals surface area contributed by atoms with Crippen molar-refractivity contribution in [2.45, 2.75) is 26.8 Å². The molecule has 5 nitrogen and oxygen atoms in total. The van der Waals surface area contributed by atoms with Crippen LogP contribution in [0.25, 0.3) is 11.4 Å². The van der Waals surface area contributed by atoms with E-state index in [4.69, 9.17) is 0 Å². The first-order valence-corrected chi connectivity index (χ1v) is 7.73. The molecule has 0 unspecified atom stereocenters. The van der Waals surface area contributed by atoms with E-state index in [9.17, 15) is 0 Å². The Kier molecular flexibility index (Phi) is 3.96. The fourth-order valence-corrected chi connectivity index (χ4v) is 2.82. The van der Waals surface area contributed by atoms with Gasteiger partial charge in [-0.25, -0.2) is 9.97 Å². The van der Waals surface area contributed by atoms with Crippen molar-refractivity contribution in [2.75, 3.05) is 5.32 Å². The molecule has 0 bridgehead atoms. The Hall–Kier alpha value is -2.21. The third-order valence-corrected chi connectivity index (χ3v) is 4.23. The maximum Gasteiger partial charge on any atom is 0.181 e. The molecule has 0 saturated heterocycles. The number of aromatic nitrogens is 4. The fourth-order valence-electron chi connectivity index (χ4n) is 2.02. The van der Waals surface area contributed by atoms with E-state index < -0.39 is 0 Å². The molecule has 0 radical (unpaired) electrons. The quantitative estimate of drug-likeness (QED) is 0.757. The summed E-state index contributed by atoms with van der Waals surface area (Å²) in [6.45, 7) is 4.81. The molecule has 21 heavy (non-hydrogen) atoms. The molecule has 0 spiro atoms. The van der Waals surface area contributed by atoms with Gasteiger partial charge in [0.1, 0.15) is 5.82 Å². The van der Waals surface area contributed by atoms with Gasteiger partial charge in [-0.3, -0.25) is 5.10 Å². The minimum atomic E-state index is 0.724. The number of hydrogen-bond donors (Lipinski definition) is 2. The fraction of sp³-hybridized carbons (Fsp3) is 0.267. The number of thiazole rings is 1. The Morgan fingerprint density at radius 3 is 2.95 bits per heavy atom. The van der Waals surface area contributed by atoms with Crippen molar-refractivity contribution in [3.05, 3.63) is 46.2 Å². The number of anilines is 1. The van der Waals surface area contributed by atoms with Crippen LogP contribution in [0.15, 0.2) is 30.5 Å². The zero-order chi connectivity index (χ0) is 14.7. The summed E-state index contributed by atoms with van der Waals surface area (Å²) in [5, 5.41) is 11.7. The van der Waals surface area contributed by atoms with Crippen LogP contribution in [0.3, 0.4) is 0 Å². The summed E-state index contributed by atoms with van der Waals surface area (Å²) in [6.07, 6.45) is 2.93. The van der Waals surface area contributed by atoms with E-state index >= 15 is 0 Å². The predicted octanol–water partition coefficient (Wildman–Crippen LogP) is 3.41. The first-order chi connectivity index (χ1) is 10.2. The summed E-state index contributed by atoms with van der Waals surface area (Å²) in [7, 11) is 0. The van der Waals surface area contributed by atoms with Gasteiger partial charge in [-0.1, -0.05) is 19.1 Å². The molecular weight excluding hydrogens is 282 g/mol. The first-order valence-electron chi connectivity index (χ1n) is 6.91. The van der Waals surface area contributed by atoms with Gasteiger partial charge in [-0.15, -0.1) is 11.3 Å². The third-order valence-electron chi connectivity index (χ3n) is 3.09. The normalized spacial score (nSPS) is 10.8. The predicted molar refractivity (Wildman–Crippen MR) is 85.4 cm³/mol. The van der Waals surface area contributed by atoms with E-state index in [0.717, 1.165) is 35.9 Å². The van der Waals surface area contributed by atoms with Gasteiger partial charge in [0.15, 0.2) is 5.82 Å². The maximum atomic E-state index is 4.37. The SMILES string of the molecule is CCc1ncc(CNc2cccc(-c3n[nH]c(C)n3)c2)s1. The Balaban J connectivity index is 1.71. The average molecular weight is 299 g/mol. The molecule has 6 heteroatoms. The van der Waals surface area contributed by atoms with Gasteiger partial charge in [0, 0.05) is 22.3 Å². The number of benzene rings is 1. The molecule has 0 fully saturated rings. The molecule has 2 aromatic heterocycles. The van der Waals surface area contributed by atoms with Gasteiger partial charge in [-0.2, -0.15) is 5.10 Å². The maximum absolute atomic E-state index is 4.37. The van der Waals surface area contributed by atoms with Crippen molar-refractivity contribution >= 4 is 17.0 Å². The number of nitrogens with zero attached hydrogens (tertiary/aromatic N) is 3. The van der Waals surface area contributed by atoms with Crippen LogP contribution in [-0.4, -0.2) is 20.2 Å². The van der Waals surface area contributed by atoms with Crippen molar-refractivity contribution in [3.63, 3.8) is 0 Å². The average Bonchev–Trinajstić information content (AvgIpc) is 3.14. The second kappa shape index (κ2) is 6.05. The zero-order valence-corrected chi connectivity index (χ0v) is 12.9. The monoisotopic (exact) mass is 299 g/mol. The molecule has 0 amide bonds. The molecule has 0 aliphatic heterocycles. The van der Waals surface area contributed by atoms with Crippen molar-refractivity contribution in [2.24, 2.45) is 0 Å². The molecule has 1 aromatic carbocycles. The number of aromatic amines is 1. The van der Waals surface area contributed by atoms with Crippen LogP contribution in [0.2, 0.25) is 0 Å². The molecule has 3 aromatic rings. The van der Waals surface area contributed by atoms with Crippen LogP contribution in [0.1, 0.15) is 22.6 Å². The van der Waals surface area contributed by atoms with Crippen LogP contribution >= 0.6 is 11.3 Å². The lowest BCUT2D eigenvalue weighted by atomic mass is 10.2. The summed E-state index contributed by atoms with van der Waals surface area (Å²) in [5.41, 5.74) is 2.06. The van der Waals surface area contributed by atoms with Gasteiger partial charge in [-0.05, 0) is 25.5 Å². The highest BCUT2D eigenvalue weighted by atomic mass is 32.1. The molecule has 0 aliphatic carbocycles. The first kappa shape index (κ1) is 13.8. The minimum Gasteiger partial charge on any atom is -0.380 e. The van der Waals surface area contributed by atoms with E-state index in [2.05, 4.69) is 38.5 Å². The van der Waals surface area contributed by atoms with Crippen molar-refractivity contribution < 1.29 is 0 Å². The highest BCUT2D eigenvalue weighted by Gasteiger charge is 2.05. The largest absolute Gasteiger partial charge is 0.380 e. The van der Waals surface area contributed by atoms with Gasteiger partial charge in [0.2, 0.25) is 0 Å². The highest BCUT2D eigenvalue weighted by molar-refractivity contribution is 7.11. The summed E-state index contributed by atoms with van der Waals surface area (Å²) in [4.78, 5) is 9.96. The van der Waals surface area contributed by atoms with Gasteiger partial charge in [0.05, 0.1) is 11.6 Å². The van der Waals surface area contributed by atoms with E-state index in [1.807, 2.05) is 31.3 Å². The molecule has 2 heterocycles. The lowest BCUT2D eigenvalue weighted by Crippen LogP contribution is -1.97. The Labute approximate surface area is 127 Å². The van der Waals surface area contributed by atoms with Gasteiger partial charge in [0.25, 0.3) is 0 Å².